The fourth-order valence-electron chi connectivity index (χ4n) is 1.45. The molecule has 1 aliphatic heterocycles. The third-order valence-corrected chi connectivity index (χ3v) is 2.36. The molecule has 0 radical (unpaired) electrons. The lowest BCUT2D eigenvalue weighted by atomic mass is 10.2. The summed E-state index contributed by atoms with van der Waals surface area (Å²) < 4.78 is 47.3. The Kier molecular flexibility index (Phi) is 3.31. The number of alkyl halides is 3. The molecule has 7 heteroatoms. The van der Waals surface area contributed by atoms with Crippen molar-refractivity contribution in [1.29, 1.82) is 0 Å². The van der Waals surface area contributed by atoms with Crippen LogP contribution in [0.4, 0.5) is 13.2 Å². The third kappa shape index (κ3) is 3.06. The van der Waals surface area contributed by atoms with E-state index in [1.807, 2.05) is 0 Å². The van der Waals surface area contributed by atoms with Gasteiger partial charge in [-0.15, -0.1) is 0 Å². The maximum Gasteiger partial charge on any atom is 0.416 e. The Bertz CT molecular complexity index is 443. The van der Waals surface area contributed by atoms with Crippen molar-refractivity contribution in [3.63, 3.8) is 0 Å². The van der Waals surface area contributed by atoms with Gasteiger partial charge in [0.15, 0.2) is 6.10 Å². The highest BCUT2D eigenvalue weighted by Crippen LogP contribution is 2.30. The number of hydrogen-bond acceptors (Lipinski definition) is 4. The third-order valence-electron chi connectivity index (χ3n) is 2.36. The van der Waals surface area contributed by atoms with Crippen LogP contribution in [0.3, 0.4) is 0 Å². The second-order valence-electron chi connectivity index (χ2n) is 3.75. The van der Waals surface area contributed by atoms with E-state index in [9.17, 15) is 13.2 Å². The molecule has 1 atom stereocenters. The van der Waals surface area contributed by atoms with Crippen LogP contribution in [0.1, 0.15) is 5.56 Å². The van der Waals surface area contributed by atoms with Crippen molar-refractivity contribution in [3.05, 3.63) is 29.8 Å². The number of nitrogens with two attached hydrogens (primary N) is 1. The van der Waals surface area contributed by atoms with Gasteiger partial charge >= 0.3 is 6.18 Å². The van der Waals surface area contributed by atoms with E-state index in [4.69, 9.17) is 15.2 Å². The van der Waals surface area contributed by atoms with Gasteiger partial charge in [0.05, 0.1) is 12.1 Å². The normalized spacial score (nSPS) is 19.3. The van der Waals surface area contributed by atoms with E-state index in [-0.39, 0.29) is 18.7 Å². The fraction of sp³-hybridized carbons (Fsp3) is 0.364. The molecule has 1 heterocycles. The van der Waals surface area contributed by atoms with Crippen LogP contribution in [-0.4, -0.2) is 25.3 Å². The van der Waals surface area contributed by atoms with Crippen molar-refractivity contribution in [2.24, 2.45) is 10.7 Å². The minimum atomic E-state index is -4.34. The quantitative estimate of drug-likeness (QED) is 0.901. The lowest BCUT2D eigenvalue weighted by Crippen LogP contribution is -2.24. The zero-order valence-electron chi connectivity index (χ0n) is 9.28. The molecule has 0 saturated heterocycles. The smallest absolute Gasteiger partial charge is 0.416 e. The summed E-state index contributed by atoms with van der Waals surface area (Å²) in [5.74, 6) is 0.345. The molecular formula is C11H11F3N2O2. The first-order chi connectivity index (χ1) is 8.45. The Balaban J connectivity index is 1.87. The van der Waals surface area contributed by atoms with Crippen LogP contribution in [-0.2, 0) is 10.9 Å². The summed E-state index contributed by atoms with van der Waals surface area (Å²) in [5.41, 5.74) is 4.60. The number of amidine groups is 1. The highest BCUT2D eigenvalue weighted by Gasteiger charge is 2.30. The number of halogens is 3. The van der Waals surface area contributed by atoms with Crippen LogP contribution in [0.25, 0.3) is 0 Å². The lowest BCUT2D eigenvalue weighted by molar-refractivity contribution is -0.137. The molecule has 1 aromatic carbocycles. The minimum absolute atomic E-state index is 0.107. The average molecular weight is 260 g/mol. The Morgan fingerprint density at radius 3 is 2.50 bits per heavy atom. The maximum atomic E-state index is 12.3. The molecule has 0 amide bonds. The zero-order chi connectivity index (χ0) is 13.2. The summed E-state index contributed by atoms with van der Waals surface area (Å²) in [7, 11) is 0. The van der Waals surface area contributed by atoms with Crippen molar-refractivity contribution < 1.29 is 22.6 Å². The summed E-state index contributed by atoms with van der Waals surface area (Å²) in [4.78, 5) is 3.82. The van der Waals surface area contributed by atoms with E-state index in [1.54, 1.807) is 0 Å². The monoisotopic (exact) mass is 260 g/mol. The number of benzene rings is 1. The second-order valence-corrected chi connectivity index (χ2v) is 3.75. The molecule has 1 aliphatic rings. The van der Waals surface area contributed by atoms with E-state index in [2.05, 4.69) is 4.99 Å². The molecule has 2 rings (SSSR count). The molecule has 0 aromatic heterocycles. The molecule has 0 saturated carbocycles. The first-order valence-corrected chi connectivity index (χ1v) is 5.22. The van der Waals surface area contributed by atoms with Gasteiger partial charge in [0.25, 0.3) is 6.02 Å². The molecule has 1 aromatic rings. The van der Waals surface area contributed by atoms with Crippen LogP contribution in [0.2, 0.25) is 0 Å². The van der Waals surface area contributed by atoms with Gasteiger partial charge in [-0.25, -0.2) is 4.99 Å². The van der Waals surface area contributed by atoms with Gasteiger partial charge in [0, 0.05) is 0 Å². The van der Waals surface area contributed by atoms with E-state index in [0.29, 0.717) is 12.3 Å². The molecule has 18 heavy (non-hydrogen) atoms. The first-order valence-electron chi connectivity index (χ1n) is 5.22. The highest BCUT2D eigenvalue weighted by molar-refractivity contribution is 5.73. The molecule has 4 nitrogen and oxygen atoms in total. The lowest BCUT2D eigenvalue weighted by Gasteiger charge is -2.12. The zero-order valence-corrected chi connectivity index (χ0v) is 9.28. The molecule has 0 fully saturated rings. The number of aliphatic imine (C=N–C) groups is 1. The van der Waals surface area contributed by atoms with Gasteiger partial charge in [0.2, 0.25) is 0 Å². The Morgan fingerprint density at radius 2 is 2.00 bits per heavy atom. The van der Waals surface area contributed by atoms with Crippen LogP contribution in [0.5, 0.6) is 5.75 Å². The summed E-state index contributed by atoms with van der Waals surface area (Å²) in [5, 5.41) is 0. The largest absolute Gasteiger partial charge is 0.490 e. The standard InChI is InChI=1S/C11H11F3N2O2/c12-11(13,14)7-1-3-8(4-2-7)17-6-9-5-16-10(15)18-9/h1-4,9H,5-6H2,(H2,15,16). The predicted octanol–water partition coefficient (Wildman–Crippen LogP) is 1.80. The van der Waals surface area contributed by atoms with Crippen molar-refractivity contribution in [2.45, 2.75) is 12.3 Å². The molecule has 98 valence electrons. The van der Waals surface area contributed by atoms with Gasteiger partial charge in [-0.1, -0.05) is 0 Å². The van der Waals surface area contributed by atoms with E-state index < -0.39 is 11.7 Å². The maximum absolute atomic E-state index is 12.3. The molecule has 0 bridgehead atoms. The fourth-order valence-corrected chi connectivity index (χ4v) is 1.45. The summed E-state index contributed by atoms with van der Waals surface area (Å²) in [6.07, 6.45) is -4.62. The van der Waals surface area contributed by atoms with Gasteiger partial charge in [-0.2, -0.15) is 13.2 Å². The van der Waals surface area contributed by atoms with Crippen molar-refractivity contribution >= 4 is 6.02 Å². The van der Waals surface area contributed by atoms with Crippen LogP contribution < -0.4 is 10.5 Å². The number of nitrogens with zero attached hydrogens (tertiary/aromatic N) is 1. The number of hydrogen-bond donors (Lipinski definition) is 1. The van der Waals surface area contributed by atoms with Gasteiger partial charge in [-0.3, -0.25) is 0 Å². The van der Waals surface area contributed by atoms with E-state index in [0.717, 1.165) is 12.1 Å². The molecular weight excluding hydrogens is 249 g/mol. The van der Waals surface area contributed by atoms with Crippen molar-refractivity contribution in [1.82, 2.24) is 0 Å². The SMILES string of the molecule is NC1=NCC(COc2ccc(C(F)(F)F)cc2)O1. The first kappa shape index (κ1) is 12.5. The van der Waals surface area contributed by atoms with Crippen molar-refractivity contribution in [3.8, 4) is 5.75 Å². The second kappa shape index (κ2) is 4.75. The summed E-state index contributed by atoms with van der Waals surface area (Å²) >= 11 is 0. The molecule has 0 spiro atoms. The van der Waals surface area contributed by atoms with Gasteiger partial charge in [0.1, 0.15) is 12.4 Å². The Hall–Kier alpha value is -1.92. The average Bonchev–Trinajstić information content (AvgIpc) is 2.72. The number of ether oxygens (including phenoxy) is 2. The van der Waals surface area contributed by atoms with Crippen LogP contribution in [0.15, 0.2) is 29.3 Å². The molecule has 0 aliphatic carbocycles. The summed E-state index contributed by atoms with van der Waals surface area (Å²) in [6, 6.07) is 4.58. The minimum Gasteiger partial charge on any atom is -0.490 e. The Labute approximate surface area is 101 Å². The molecule has 2 N–H and O–H groups in total. The highest BCUT2D eigenvalue weighted by atomic mass is 19.4. The van der Waals surface area contributed by atoms with E-state index >= 15 is 0 Å². The van der Waals surface area contributed by atoms with Gasteiger partial charge in [-0.05, 0) is 24.3 Å². The van der Waals surface area contributed by atoms with E-state index in [1.165, 1.54) is 12.1 Å². The van der Waals surface area contributed by atoms with Crippen LogP contribution >= 0.6 is 0 Å². The summed E-state index contributed by atoms with van der Waals surface area (Å²) in [6.45, 7) is 0.585. The Morgan fingerprint density at radius 1 is 1.33 bits per heavy atom. The topological polar surface area (TPSA) is 56.8 Å². The van der Waals surface area contributed by atoms with Gasteiger partial charge < -0.3 is 15.2 Å². The number of rotatable bonds is 3. The van der Waals surface area contributed by atoms with Crippen molar-refractivity contribution in [2.75, 3.05) is 13.2 Å². The predicted molar refractivity (Wildman–Crippen MR) is 58.3 cm³/mol. The molecule has 1 unspecified atom stereocenters. The van der Waals surface area contributed by atoms with Crippen LogP contribution in [0, 0.1) is 0 Å².